The van der Waals surface area contributed by atoms with Gasteiger partial charge in [-0.2, -0.15) is 0 Å². The number of nitrogens with one attached hydrogen (secondary N) is 1. The van der Waals surface area contributed by atoms with Gasteiger partial charge in [0.15, 0.2) is 0 Å². The fourth-order valence-electron chi connectivity index (χ4n) is 2.83. The zero-order chi connectivity index (χ0) is 13.8. The average molecular weight is 268 g/mol. The standard InChI is InChI=1S/C13H20N2O4/c16-11-6-9(7-15(11)8-12(17)18)13(19)14-10-4-2-1-3-5-10/h9-10H,1-8H2,(H,14,19)(H,17,18). The first-order valence-corrected chi connectivity index (χ1v) is 6.86. The van der Waals surface area contributed by atoms with Gasteiger partial charge >= 0.3 is 5.97 Å². The van der Waals surface area contributed by atoms with Crippen LogP contribution in [-0.2, 0) is 14.4 Å². The Labute approximate surface area is 112 Å². The molecule has 2 aliphatic rings. The van der Waals surface area contributed by atoms with Crippen LogP contribution in [-0.4, -0.2) is 46.9 Å². The van der Waals surface area contributed by atoms with Crippen molar-refractivity contribution in [2.75, 3.05) is 13.1 Å². The van der Waals surface area contributed by atoms with E-state index in [9.17, 15) is 14.4 Å². The van der Waals surface area contributed by atoms with E-state index in [4.69, 9.17) is 5.11 Å². The molecule has 1 atom stereocenters. The van der Waals surface area contributed by atoms with Gasteiger partial charge in [-0.25, -0.2) is 0 Å². The highest BCUT2D eigenvalue weighted by Crippen LogP contribution is 2.21. The van der Waals surface area contributed by atoms with Crippen LogP contribution in [0, 0.1) is 5.92 Å². The molecule has 1 heterocycles. The van der Waals surface area contributed by atoms with Gasteiger partial charge in [0, 0.05) is 19.0 Å². The van der Waals surface area contributed by atoms with Crippen molar-refractivity contribution in [1.29, 1.82) is 0 Å². The summed E-state index contributed by atoms with van der Waals surface area (Å²) in [7, 11) is 0. The summed E-state index contributed by atoms with van der Waals surface area (Å²) in [4.78, 5) is 35.5. The van der Waals surface area contributed by atoms with Gasteiger partial charge < -0.3 is 15.3 Å². The van der Waals surface area contributed by atoms with E-state index >= 15 is 0 Å². The molecule has 0 radical (unpaired) electrons. The molecule has 2 N–H and O–H groups in total. The number of carbonyl (C=O) groups excluding carboxylic acids is 2. The molecule has 1 saturated heterocycles. The van der Waals surface area contributed by atoms with Crippen LogP contribution in [0.2, 0.25) is 0 Å². The normalized spacial score (nSPS) is 24.5. The van der Waals surface area contributed by atoms with Crippen LogP contribution < -0.4 is 5.32 Å². The van der Waals surface area contributed by atoms with Crippen molar-refractivity contribution in [3.8, 4) is 0 Å². The summed E-state index contributed by atoms with van der Waals surface area (Å²) in [6.45, 7) is -0.0876. The van der Waals surface area contributed by atoms with Crippen molar-refractivity contribution >= 4 is 17.8 Å². The van der Waals surface area contributed by atoms with Gasteiger partial charge in [-0.3, -0.25) is 14.4 Å². The molecule has 0 bridgehead atoms. The van der Waals surface area contributed by atoms with E-state index in [-0.39, 0.29) is 37.4 Å². The Balaban J connectivity index is 1.83. The zero-order valence-corrected chi connectivity index (χ0v) is 10.9. The van der Waals surface area contributed by atoms with E-state index in [1.165, 1.54) is 11.3 Å². The molecule has 2 rings (SSSR count). The molecule has 106 valence electrons. The lowest BCUT2D eigenvalue weighted by Crippen LogP contribution is -2.41. The summed E-state index contributed by atoms with van der Waals surface area (Å²) in [5.74, 6) is -1.78. The van der Waals surface area contributed by atoms with Crippen molar-refractivity contribution in [2.24, 2.45) is 5.92 Å². The Morgan fingerprint density at radius 3 is 2.58 bits per heavy atom. The molecule has 2 amide bonds. The number of carbonyl (C=O) groups is 3. The molecule has 1 saturated carbocycles. The number of rotatable bonds is 4. The van der Waals surface area contributed by atoms with E-state index in [0.29, 0.717) is 0 Å². The third-order valence-electron chi connectivity index (χ3n) is 3.86. The highest BCUT2D eigenvalue weighted by Gasteiger charge is 2.35. The monoisotopic (exact) mass is 268 g/mol. The molecule has 1 aliphatic heterocycles. The Bertz CT molecular complexity index is 377. The number of carboxylic acids is 1. The molecular formula is C13H20N2O4. The number of hydrogen-bond donors (Lipinski definition) is 2. The van der Waals surface area contributed by atoms with Gasteiger partial charge in [0.25, 0.3) is 0 Å². The minimum Gasteiger partial charge on any atom is -0.480 e. The maximum atomic E-state index is 12.1. The minimum absolute atomic E-state index is 0.104. The minimum atomic E-state index is -1.04. The number of carboxylic acid groups (broad SMARTS) is 1. The Hall–Kier alpha value is -1.59. The van der Waals surface area contributed by atoms with Gasteiger partial charge in [-0.15, -0.1) is 0 Å². The number of hydrogen-bond acceptors (Lipinski definition) is 3. The summed E-state index contributed by atoms with van der Waals surface area (Å²) in [6.07, 6.45) is 5.64. The van der Waals surface area contributed by atoms with E-state index in [2.05, 4.69) is 5.32 Å². The Morgan fingerprint density at radius 1 is 1.26 bits per heavy atom. The summed E-state index contributed by atoms with van der Waals surface area (Å²) >= 11 is 0. The fourth-order valence-corrected chi connectivity index (χ4v) is 2.83. The van der Waals surface area contributed by atoms with E-state index in [1.807, 2.05) is 0 Å². The molecule has 0 aromatic heterocycles. The summed E-state index contributed by atoms with van der Waals surface area (Å²) in [5, 5.41) is 11.7. The maximum Gasteiger partial charge on any atom is 0.323 e. The molecule has 6 nitrogen and oxygen atoms in total. The highest BCUT2D eigenvalue weighted by molar-refractivity contribution is 5.90. The van der Waals surface area contributed by atoms with Crippen molar-refractivity contribution in [3.05, 3.63) is 0 Å². The van der Waals surface area contributed by atoms with Gasteiger partial charge in [0.2, 0.25) is 11.8 Å². The quantitative estimate of drug-likeness (QED) is 0.771. The summed E-state index contributed by atoms with van der Waals surface area (Å²) in [6, 6.07) is 0.227. The smallest absolute Gasteiger partial charge is 0.323 e. The van der Waals surface area contributed by atoms with Gasteiger partial charge in [0.05, 0.1) is 5.92 Å². The van der Waals surface area contributed by atoms with Crippen molar-refractivity contribution in [2.45, 2.75) is 44.6 Å². The third kappa shape index (κ3) is 3.68. The predicted molar refractivity (Wildman–Crippen MR) is 67.3 cm³/mol. The molecule has 0 aromatic rings. The van der Waals surface area contributed by atoms with Crippen molar-refractivity contribution < 1.29 is 19.5 Å². The third-order valence-corrected chi connectivity index (χ3v) is 3.86. The fraction of sp³-hybridized carbons (Fsp3) is 0.769. The first kappa shape index (κ1) is 13.8. The largest absolute Gasteiger partial charge is 0.480 e. The van der Waals surface area contributed by atoms with E-state index in [0.717, 1.165) is 25.7 Å². The van der Waals surface area contributed by atoms with Crippen LogP contribution in [0.15, 0.2) is 0 Å². The van der Waals surface area contributed by atoms with Crippen LogP contribution in [0.3, 0.4) is 0 Å². The first-order chi connectivity index (χ1) is 9.06. The molecule has 0 aromatic carbocycles. The lowest BCUT2D eigenvalue weighted by atomic mass is 9.95. The summed E-state index contributed by atoms with van der Waals surface area (Å²) < 4.78 is 0. The predicted octanol–water partition coefficient (Wildman–Crippen LogP) is 0.368. The van der Waals surface area contributed by atoms with Crippen LogP contribution in [0.25, 0.3) is 0 Å². The summed E-state index contributed by atoms with van der Waals surface area (Å²) in [5.41, 5.74) is 0. The van der Waals surface area contributed by atoms with Crippen LogP contribution >= 0.6 is 0 Å². The van der Waals surface area contributed by atoms with E-state index < -0.39 is 11.9 Å². The van der Waals surface area contributed by atoms with E-state index in [1.54, 1.807) is 0 Å². The van der Waals surface area contributed by atoms with Gasteiger partial charge in [-0.1, -0.05) is 19.3 Å². The molecule has 1 aliphatic carbocycles. The first-order valence-electron chi connectivity index (χ1n) is 6.86. The Kier molecular flexibility index (Phi) is 4.39. The van der Waals surface area contributed by atoms with Crippen molar-refractivity contribution in [3.63, 3.8) is 0 Å². The second-order valence-electron chi connectivity index (χ2n) is 5.41. The topological polar surface area (TPSA) is 86.7 Å². The molecular weight excluding hydrogens is 248 g/mol. The van der Waals surface area contributed by atoms with Crippen LogP contribution in [0.4, 0.5) is 0 Å². The molecule has 2 fully saturated rings. The van der Waals surface area contributed by atoms with Crippen LogP contribution in [0.5, 0.6) is 0 Å². The second-order valence-corrected chi connectivity index (χ2v) is 5.41. The number of aliphatic carboxylic acids is 1. The lowest BCUT2D eigenvalue weighted by molar-refractivity contribution is -0.142. The molecule has 1 unspecified atom stereocenters. The SMILES string of the molecule is O=C(O)CN1CC(C(=O)NC2CCCCC2)CC1=O. The second kappa shape index (κ2) is 6.04. The molecule has 0 spiro atoms. The van der Waals surface area contributed by atoms with Gasteiger partial charge in [0.1, 0.15) is 6.54 Å². The Morgan fingerprint density at radius 2 is 1.95 bits per heavy atom. The van der Waals surface area contributed by atoms with Crippen LogP contribution in [0.1, 0.15) is 38.5 Å². The molecule has 6 heteroatoms. The highest BCUT2D eigenvalue weighted by atomic mass is 16.4. The zero-order valence-electron chi connectivity index (χ0n) is 10.9. The number of likely N-dealkylation sites (tertiary alicyclic amines) is 1. The average Bonchev–Trinajstić information content (AvgIpc) is 2.71. The van der Waals surface area contributed by atoms with Crippen molar-refractivity contribution in [1.82, 2.24) is 10.2 Å². The lowest BCUT2D eigenvalue weighted by Gasteiger charge is -2.24. The number of nitrogens with zero attached hydrogens (tertiary/aromatic N) is 1. The molecule has 19 heavy (non-hydrogen) atoms. The van der Waals surface area contributed by atoms with Gasteiger partial charge in [-0.05, 0) is 12.8 Å². The number of amides is 2. The maximum absolute atomic E-state index is 12.1.